The van der Waals surface area contributed by atoms with Crippen molar-refractivity contribution in [3.8, 4) is 22.4 Å². The monoisotopic (exact) mass is 342 g/mol. The molecule has 1 aliphatic heterocycles. The smallest absolute Gasteiger partial charge is 0.192 e. The van der Waals surface area contributed by atoms with Crippen LogP contribution in [0.2, 0.25) is 0 Å². The molecule has 2 heterocycles. The first kappa shape index (κ1) is 17.0. The van der Waals surface area contributed by atoms with E-state index in [1.54, 1.807) is 0 Å². The van der Waals surface area contributed by atoms with E-state index in [4.69, 9.17) is 0 Å². The average molecular weight is 343 g/mol. The lowest BCUT2D eigenvalue weighted by Crippen LogP contribution is -2.65. The number of aromatic nitrogens is 1. The van der Waals surface area contributed by atoms with Gasteiger partial charge in [-0.1, -0.05) is 48.0 Å². The Labute approximate surface area is 157 Å². The van der Waals surface area contributed by atoms with Gasteiger partial charge in [0.2, 0.25) is 5.69 Å². The third-order valence-corrected chi connectivity index (χ3v) is 6.60. The standard InChI is InChI=1S/C25H28N/c1-17-14-18(2)23-21(15-17)24(3,4)25(5,6)26-16-20(12-13-22(23)26)19-10-8-7-9-11-19/h7-16H,1-6H3/q+1. The molecule has 0 spiro atoms. The number of benzene rings is 2. The van der Waals surface area contributed by atoms with Crippen LogP contribution < -0.4 is 4.57 Å². The summed E-state index contributed by atoms with van der Waals surface area (Å²) in [6.45, 7) is 14.0. The first-order valence-corrected chi connectivity index (χ1v) is 9.47. The van der Waals surface area contributed by atoms with Crippen molar-refractivity contribution in [3.63, 3.8) is 0 Å². The molecular formula is C25H28N+. The maximum atomic E-state index is 2.50. The lowest BCUT2D eigenvalue weighted by atomic mass is 9.64. The Balaban J connectivity index is 2.04. The van der Waals surface area contributed by atoms with E-state index in [-0.39, 0.29) is 11.0 Å². The van der Waals surface area contributed by atoms with Crippen molar-refractivity contribution in [2.24, 2.45) is 0 Å². The lowest BCUT2D eigenvalue weighted by Gasteiger charge is -2.43. The van der Waals surface area contributed by atoms with Crippen LogP contribution in [0, 0.1) is 13.8 Å². The summed E-state index contributed by atoms with van der Waals surface area (Å²) < 4.78 is 2.50. The van der Waals surface area contributed by atoms with E-state index in [2.05, 4.69) is 107 Å². The Kier molecular flexibility index (Phi) is 3.63. The molecule has 132 valence electrons. The van der Waals surface area contributed by atoms with E-state index in [1.165, 1.54) is 39.1 Å². The first-order chi connectivity index (χ1) is 12.2. The van der Waals surface area contributed by atoms with Crippen LogP contribution in [-0.4, -0.2) is 0 Å². The van der Waals surface area contributed by atoms with Crippen LogP contribution in [-0.2, 0) is 11.0 Å². The zero-order chi connectivity index (χ0) is 18.7. The van der Waals surface area contributed by atoms with Gasteiger partial charge in [-0.05, 0) is 50.5 Å². The molecule has 1 aliphatic rings. The van der Waals surface area contributed by atoms with E-state index in [9.17, 15) is 0 Å². The molecule has 1 heteroatoms. The molecule has 3 aromatic rings. The van der Waals surface area contributed by atoms with Gasteiger partial charge >= 0.3 is 0 Å². The molecule has 26 heavy (non-hydrogen) atoms. The molecule has 0 N–H and O–H groups in total. The van der Waals surface area contributed by atoms with E-state index in [0.717, 1.165) is 0 Å². The van der Waals surface area contributed by atoms with E-state index in [1.807, 2.05) is 0 Å². The van der Waals surface area contributed by atoms with Gasteiger partial charge in [0.15, 0.2) is 11.7 Å². The summed E-state index contributed by atoms with van der Waals surface area (Å²) in [6, 6.07) is 19.9. The number of rotatable bonds is 1. The van der Waals surface area contributed by atoms with Gasteiger partial charge in [-0.2, -0.15) is 4.57 Å². The second-order valence-corrected chi connectivity index (χ2v) is 8.73. The van der Waals surface area contributed by atoms with Crippen molar-refractivity contribution < 1.29 is 4.57 Å². The van der Waals surface area contributed by atoms with Crippen molar-refractivity contribution in [2.45, 2.75) is 52.5 Å². The SMILES string of the molecule is Cc1cc(C)c2c(c1)C(C)(C)C(C)(C)[n+]1cc(-c3ccccc3)ccc1-2. The minimum absolute atomic E-state index is 0.0274. The Morgan fingerprint density at radius 1 is 0.769 bits per heavy atom. The molecule has 0 unspecified atom stereocenters. The number of aryl methyl sites for hydroxylation is 2. The summed E-state index contributed by atoms with van der Waals surface area (Å²) in [5, 5.41) is 0. The van der Waals surface area contributed by atoms with E-state index >= 15 is 0 Å². The highest BCUT2D eigenvalue weighted by Crippen LogP contribution is 2.47. The number of fused-ring (bicyclic) bond motifs is 3. The number of hydrogen-bond donors (Lipinski definition) is 0. The number of pyridine rings is 1. The Morgan fingerprint density at radius 2 is 1.46 bits per heavy atom. The quantitative estimate of drug-likeness (QED) is 0.481. The minimum atomic E-state index is -0.0274. The fourth-order valence-electron chi connectivity index (χ4n) is 4.40. The normalized spacial score (nSPS) is 16.7. The minimum Gasteiger partial charge on any atom is -0.192 e. The topological polar surface area (TPSA) is 3.88 Å². The van der Waals surface area contributed by atoms with Crippen LogP contribution in [0.4, 0.5) is 0 Å². The Hall–Kier alpha value is -2.41. The molecule has 0 radical (unpaired) electrons. The van der Waals surface area contributed by atoms with Crippen molar-refractivity contribution in [3.05, 3.63) is 77.5 Å². The Morgan fingerprint density at radius 3 is 2.15 bits per heavy atom. The first-order valence-electron chi connectivity index (χ1n) is 9.47. The summed E-state index contributed by atoms with van der Waals surface area (Å²) >= 11 is 0. The van der Waals surface area contributed by atoms with Gasteiger partial charge in [0.1, 0.15) is 0 Å². The summed E-state index contributed by atoms with van der Waals surface area (Å²) in [5.74, 6) is 0. The van der Waals surface area contributed by atoms with Crippen LogP contribution in [0.3, 0.4) is 0 Å². The second-order valence-electron chi connectivity index (χ2n) is 8.73. The summed E-state index contributed by atoms with van der Waals surface area (Å²) in [7, 11) is 0. The summed E-state index contributed by atoms with van der Waals surface area (Å²) in [5.41, 5.74) is 9.44. The van der Waals surface area contributed by atoms with Crippen LogP contribution in [0.15, 0.2) is 60.8 Å². The largest absolute Gasteiger partial charge is 0.213 e. The molecule has 0 amide bonds. The molecule has 2 aromatic carbocycles. The molecule has 1 aromatic heterocycles. The van der Waals surface area contributed by atoms with Crippen molar-refractivity contribution in [1.82, 2.24) is 0 Å². The van der Waals surface area contributed by atoms with Crippen LogP contribution in [0.5, 0.6) is 0 Å². The van der Waals surface area contributed by atoms with Crippen molar-refractivity contribution >= 4 is 0 Å². The average Bonchev–Trinajstić information content (AvgIpc) is 2.60. The zero-order valence-corrected chi connectivity index (χ0v) is 16.7. The van der Waals surface area contributed by atoms with E-state index < -0.39 is 0 Å². The van der Waals surface area contributed by atoms with Crippen molar-refractivity contribution in [2.75, 3.05) is 0 Å². The lowest BCUT2D eigenvalue weighted by molar-refractivity contribution is -0.759. The highest BCUT2D eigenvalue weighted by Gasteiger charge is 2.53. The molecule has 0 atom stereocenters. The molecule has 0 fully saturated rings. The van der Waals surface area contributed by atoms with Gasteiger partial charge < -0.3 is 0 Å². The van der Waals surface area contributed by atoms with Gasteiger partial charge in [0, 0.05) is 25.5 Å². The van der Waals surface area contributed by atoms with Crippen LogP contribution >= 0.6 is 0 Å². The fraction of sp³-hybridized carbons (Fsp3) is 0.320. The predicted molar refractivity (Wildman–Crippen MR) is 109 cm³/mol. The van der Waals surface area contributed by atoms with Gasteiger partial charge in [0.25, 0.3) is 0 Å². The van der Waals surface area contributed by atoms with Gasteiger partial charge in [-0.3, -0.25) is 0 Å². The molecular weight excluding hydrogens is 314 g/mol. The molecule has 0 bridgehead atoms. The van der Waals surface area contributed by atoms with Gasteiger partial charge in [0.05, 0.1) is 11.0 Å². The number of hydrogen-bond acceptors (Lipinski definition) is 0. The highest BCUT2D eigenvalue weighted by atomic mass is 15.1. The summed E-state index contributed by atoms with van der Waals surface area (Å²) in [4.78, 5) is 0. The van der Waals surface area contributed by atoms with Gasteiger partial charge in [-0.15, -0.1) is 0 Å². The van der Waals surface area contributed by atoms with Crippen LogP contribution in [0.1, 0.15) is 44.4 Å². The molecule has 0 saturated carbocycles. The molecule has 0 saturated heterocycles. The zero-order valence-electron chi connectivity index (χ0n) is 16.7. The third-order valence-electron chi connectivity index (χ3n) is 6.60. The maximum absolute atomic E-state index is 2.50. The maximum Gasteiger partial charge on any atom is 0.213 e. The highest BCUT2D eigenvalue weighted by molar-refractivity contribution is 5.71. The second kappa shape index (κ2) is 5.54. The Bertz CT molecular complexity index is 994. The molecule has 1 nitrogen and oxygen atoms in total. The van der Waals surface area contributed by atoms with Crippen LogP contribution in [0.25, 0.3) is 22.4 Å². The van der Waals surface area contributed by atoms with Crippen molar-refractivity contribution in [1.29, 1.82) is 0 Å². The number of nitrogens with zero attached hydrogens (tertiary/aromatic N) is 1. The molecule has 4 rings (SSSR count). The third kappa shape index (κ3) is 2.26. The predicted octanol–water partition coefficient (Wildman–Crippen LogP) is 5.95. The van der Waals surface area contributed by atoms with Gasteiger partial charge in [-0.25, -0.2) is 0 Å². The summed E-state index contributed by atoms with van der Waals surface area (Å²) in [6.07, 6.45) is 2.34. The fourth-order valence-corrected chi connectivity index (χ4v) is 4.40. The van der Waals surface area contributed by atoms with E-state index in [0.29, 0.717) is 0 Å². The molecule has 0 aliphatic carbocycles.